The second-order valence-electron chi connectivity index (χ2n) is 4.79. The first-order valence-electron chi connectivity index (χ1n) is 5.32. The normalized spacial score (nSPS) is 13.8. The minimum absolute atomic E-state index is 0.420. The van der Waals surface area contributed by atoms with Crippen LogP contribution in [-0.4, -0.2) is 36.1 Å². The molecule has 0 saturated heterocycles. The van der Waals surface area contributed by atoms with Crippen LogP contribution in [0.3, 0.4) is 0 Å². The van der Waals surface area contributed by atoms with Gasteiger partial charge in [-0.2, -0.15) is 0 Å². The minimum atomic E-state index is -0.793. The Bertz CT molecular complexity index is 357. The third-order valence-electron chi connectivity index (χ3n) is 2.95. The SMILES string of the molecule is CN(C)[C@H](C(=O)O)C(C)(C)c1ccccc1. The van der Waals surface area contributed by atoms with Crippen molar-refractivity contribution in [2.75, 3.05) is 14.1 Å². The fourth-order valence-corrected chi connectivity index (χ4v) is 2.20. The molecule has 1 N–H and O–H groups in total. The van der Waals surface area contributed by atoms with Gasteiger partial charge in [-0.1, -0.05) is 44.2 Å². The number of nitrogens with zero attached hydrogens (tertiary/aromatic N) is 1. The highest BCUT2D eigenvalue weighted by molar-refractivity contribution is 5.76. The Morgan fingerprint density at radius 2 is 1.75 bits per heavy atom. The van der Waals surface area contributed by atoms with Crippen molar-refractivity contribution in [2.24, 2.45) is 0 Å². The van der Waals surface area contributed by atoms with Crippen LogP contribution in [-0.2, 0) is 10.2 Å². The maximum atomic E-state index is 11.3. The number of aliphatic carboxylic acids is 1. The zero-order valence-corrected chi connectivity index (χ0v) is 10.3. The van der Waals surface area contributed by atoms with Gasteiger partial charge in [-0.25, -0.2) is 0 Å². The first-order chi connectivity index (χ1) is 7.37. The summed E-state index contributed by atoms with van der Waals surface area (Å²) in [5.41, 5.74) is 0.618. The molecular formula is C13H19NO2. The molecule has 0 bridgehead atoms. The number of benzene rings is 1. The summed E-state index contributed by atoms with van der Waals surface area (Å²) in [5.74, 6) is -0.793. The zero-order valence-electron chi connectivity index (χ0n) is 10.3. The number of carboxylic acid groups (broad SMARTS) is 1. The highest BCUT2D eigenvalue weighted by atomic mass is 16.4. The van der Waals surface area contributed by atoms with E-state index in [-0.39, 0.29) is 0 Å². The van der Waals surface area contributed by atoms with Crippen LogP contribution in [0.2, 0.25) is 0 Å². The van der Waals surface area contributed by atoms with Crippen molar-refractivity contribution in [1.29, 1.82) is 0 Å². The van der Waals surface area contributed by atoms with Crippen molar-refractivity contribution in [3.8, 4) is 0 Å². The van der Waals surface area contributed by atoms with Gasteiger partial charge in [0, 0.05) is 5.41 Å². The van der Waals surface area contributed by atoms with Gasteiger partial charge in [0.25, 0.3) is 0 Å². The predicted molar refractivity (Wildman–Crippen MR) is 64.6 cm³/mol. The van der Waals surface area contributed by atoms with E-state index in [1.54, 1.807) is 19.0 Å². The van der Waals surface area contributed by atoms with E-state index in [2.05, 4.69) is 0 Å². The number of carbonyl (C=O) groups is 1. The maximum absolute atomic E-state index is 11.3. The highest BCUT2D eigenvalue weighted by Crippen LogP contribution is 2.29. The fraction of sp³-hybridized carbons (Fsp3) is 0.462. The van der Waals surface area contributed by atoms with Crippen LogP contribution >= 0.6 is 0 Å². The first-order valence-corrected chi connectivity index (χ1v) is 5.32. The third kappa shape index (κ3) is 2.42. The van der Waals surface area contributed by atoms with Crippen LogP contribution in [0.4, 0.5) is 0 Å². The minimum Gasteiger partial charge on any atom is -0.480 e. The van der Waals surface area contributed by atoms with Gasteiger partial charge < -0.3 is 5.11 Å². The van der Waals surface area contributed by atoms with Gasteiger partial charge in [0.1, 0.15) is 6.04 Å². The van der Waals surface area contributed by atoms with E-state index < -0.39 is 17.4 Å². The Kier molecular flexibility index (Phi) is 3.70. The molecule has 0 aliphatic carbocycles. The van der Waals surface area contributed by atoms with E-state index in [0.717, 1.165) is 5.56 Å². The lowest BCUT2D eigenvalue weighted by atomic mass is 9.77. The van der Waals surface area contributed by atoms with Gasteiger partial charge in [-0.05, 0) is 19.7 Å². The molecule has 3 heteroatoms. The topological polar surface area (TPSA) is 40.5 Å². The van der Waals surface area contributed by atoms with E-state index in [9.17, 15) is 9.90 Å². The van der Waals surface area contributed by atoms with E-state index in [0.29, 0.717) is 0 Å². The van der Waals surface area contributed by atoms with Crippen LogP contribution in [0, 0.1) is 0 Å². The molecule has 0 heterocycles. The van der Waals surface area contributed by atoms with Crippen molar-refractivity contribution >= 4 is 5.97 Å². The first kappa shape index (κ1) is 12.7. The Labute approximate surface area is 96.7 Å². The lowest BCUT2D eigenvalue weighted by Gasteiger charge is -2.36. The molecule has 0 spiro atoms. The van der Waals surface area contributed by atoms with Crippen LogP contribution in [0.15, 0.2) is 30.3 Å². The van der Waals surface area contributed by atoms with Crippen LogP contribution in [0.25, 0.3) is 0 Å². The van der Waals surface area contributed by atoms with Crippen LogP contribution in [0.5, 0.6) is 0 Å². The van der Waals surface area contributed by atoms with Gasteiger partial charge in [0.2, 0.25) is 0 Å². The predicted octanol–water partition coefficient (Wildman–Crippen LogP) is 1.98. The molecule has 16 heavy (non-hydrogen) atoms. The van der Waals surface area contributed by atoms with Gasteiger partial charge in [-0.15, -0.1) is 0 Å². The summed E-state index contributed by atoms with van der Waals surface area (Å²) < 4.78 is 0. The van der Waals surface area contributed by atoms with Crippen LogP contribution < -0.4 is 0 Å². The van der Waals surface area contributed by atoms with Crippen molar-refractivity contribution in [2.45, 2.75) is 25.3 Å². The van der Waals surface area contributed by atoms with Gasteiger partial charge >= 0.3 is 5.97 Å². The lowest BCUT2D eigenvalue weighted by Crippen LogP contribution is -2.49. The smallest absolute Gasteiger partial charge is 0.321 e. The molecule has 0 aliphatic heterocycles. The third-order valence-corrected chi connectivity index (χ3v) is 2.95. The van der Waals surface area contributed by atoms with E-state index >= 15 is 0 Å². The van der Waals surface area contributed by atoms with Crippen molar-refractivity contribution in [3.63, 3.8) is 0 Å². The summed E-state index contributed by atoms with van der Waals surface area (Å²) in [4.78, 5) is 13.1. The van der Waals surface area contributed by atoms with E-state index in [4.69, 9.17) is 0 Å². The molecule has 1 aromatic rings. The molecule has 1 aromatic carbocycles. The molecule has 0 aromatic heterocycles. The number of hydrogen-bond acceptors (Lipinski definition) is 2. The van der Waals surface area contributed by atoms with Gasteiger partial charge in [0.15, 0.2) is 0 Å². The lowest BCUT2D eigenvalue weighted by molar-refractivity contribution is -0.144. The summed E-state index contributed by atoms with van der Waals surface area (Å²) in [5, 5.41) is 9.30. The number of rotatable bonds is 4. The molecule has 3 nitrogen and oxygen atoms in total. The molecule has 0 saturated carbocycles. The molecule has 0 aliphatic rings. The summed E-state index contributed by atoms with van der Waals surface area (Å²) in [6, 6.07) is 9.22. The second-order valence-corrected chi connectivity index (χ2v) is 4.79. The monoisotopic (exact) mass is 221 g/mol. The van der Waals surface area contributed by atoms with Gasteiger partial charge in [0.05, 0.1) is 0 Å². The van der Waals surface area contributed by atoms with Crippen molar-refractivity contribution < 1.29 is 9.90 Å². The molecule has 0 fully saturated rings. The summed E-state index contributed by atoms with van der Waals surface area (Å²) in [6.07, 6.45) is 0. The standard InChI is InChI=1S/C13H19NO2/c1-13(2,10-8-6-5-7-9-10)11(12(15)16)14(3)4/h5-9,11H,1-4H3,(H,15,16)/t11-/m1/s1. The molecule has 0 unspecified atom stereocenters. The van der Waals surface area contributed by atoms with Crippen molar-refractivity contribution in [1.82, 2.24) is 4.90 Å². The number of carboxylic acids is 1. The maximum Gasteiger partial charge on any atom is 0.321 e. The Hall–Kier alpha value is -1.35. The second kappa shape index (κ2) is 4.66. The Morgan fingerprint density at radius 3 is 2.12 bits per heavy atom. The molecule has 88 valence electrons. The summed E-state index contributed by atoms with van der Waals surface area (Å²) in [6.45, 7) is 3.92. The molecule has 0 radical (unpaired) electrons. The van der Waals surface area contributed by atoms with Crippen molar-refractivity contribution in [3.05, 3.63) is 35.9 Å². The Morgan fingerprint density at radius 1 is 1.25 bits per heavy atom. The molecule has 0 amide bonds. The number of hydrogen-bond donors (Lipinski definition) is 1. The average molecular weight is 221 g/mol. The Balaban J connectivity index is 3.13. The quantitative estimate of drug-likeness (QED) is 0.845. The number of likely N-dealkylation sites (N-methyl/N-ethyl adjacent to an activating group) is 1. The van der Waals surface area contributed by atoms with E-state index in [1.807, 2.05) is 44.2 Å². The molecule has 1 atom stereocenters. The van der Waals surface area contributed by atoms with E-state index in [1.165, 1.54) is 0 Å². The summed E-state index contributed by atoms with van der Waals surface area (Å²) in [7, 11) is 3.59. The average Bonchev–Trinajstić information content (AvgIpc) is 2.17. The summed E-state index contributed by atoms with van der Waals surface area (Å²) >= 11 is 0. The van der Waals surface area contributed by atoms with Gasteiger partial charge in [-0.3, -0.25) is 9.69 Å². The largest absolute Gasteiger partial charge is 0.480 e. The molecule has 1 rings (SSSR count). The zero-order chi connectivity index (χ0) is 12.3. The highest BCUT2D eigenvalue weighted by Gasteiger charge is 2.38. The molecular weight excluding hydrogens is 202 g/mol. The van der Waals surface area contributed by atoms with Crippen LogP contribution in [0.1, 0.15) is 19.4 Å². The fourth-order valence-electron chi connectivity index (χ4n) is 2.20.